The van der Waals surface area contributed by atoms with E-state index in [2.05, 4.69) is 32.3 Å². The number of carbonyl (C=O) groups excluding carboxylic acids is 1. The van der Waals surface area contributed by atoms with Gasteiger partial charge in [-0.05, 0) is 18.8 Å². The first-order valence-electron chi connectivity index (χ1n) is 7.99. The Hall–Kier alpha value is -2.44. The van der Waals surface area contributed by atoms with Gasteiger partial charge in [0.05, 0.1) is 12.2 Å². The molecule has 0 aromatic carbocycles. The number of nitrogens with one attached hydrogen (secondary N) is 1. The summed E-state index contributed by atoms with van der Waals surface area (Å²) in [5, 5.41) is 6.96. The second kappa shape index (κ2) is 5.64. The number of amides is 1. The summed E-state index contributed by atoms with van der Waals surface area (Å²) in [6, 6.07) is 1.83. The zero-order chi connectivity index (χ0) is 15.8. The number of nitrogens with zero attached hydrogens (tertiary/aromatic N) is 4. The van der Waals surface area contributed by atoms with E-state index in [0.717, 1.165) is 37.5 Å². The first-order valence-corrected chi connectivity index (χ1v) is 7.99. The molecule has 2 aromatic heterocycles. The van der Waals surface area contributed by atoms with E-state index in [1.807, 2.05) is 0 Å². The minimum atomic E-state index is -0.168. The predicted octanol–water partition coefficient (Wildman–Crippen LogP) is 1.60. The maximum Gasteiger partial charge on any atom is 0.273 e. The van der Waals surface area contributed by atoms with Crippen LogP contribution in [0.2, 0.25) is 0 Å². The number of rotatable bonds is 4. The van der Waals surface area contributed by atoms with Gasteiger partial charge in [0.2, 0.25) is 0 Å². The molecule has 0 spiro atoms. The van der Waals surface area contributed by atoms with Crippen molar-refractivity contribution in [2.24, 2.45) is 5.92 Å². The number of hydrogen-bond acceptors (Lipinski definition) is 6. The third-order valence-corrected chi connectivity index (χ3v) is 4.54. The Morgan fingerprint density at radius 2 is 2.22 bits per heavy atom. The van der Waals surface area contributed by atoms with Gasteiger partial charge in [0.1, 0.15) is 11.6 Å². The van der Waals surface area contributed by atoms with Crippen LogP contribution in [0.25, 0.3) is 0 Å². The van der Waals surface area contributed by atoms with Gasteiger partial charge in [-0.25, -0.2) is 4.98 Å². The highest BCUT2D eigenvalue weighted by atomic mass is 16.5. The van der Waals surface area contributed by atoms with Crippen molar-refractivity contribution in [1.29, 1.82) is 0 Å². The van der Waals surface area contributed by atoms with Crippen molar-refractivity contribution in [1.82, 2.24) is 20.4 Å². The molecule has 1 amide bonds. The minimum Gasteiger partial charge on any atom is -0.360 e. The Kier molecular flexibility index (Phi) is 3.48. The fraction of sp³-hybridized carbons (Fsp3) is 0.500. The molecule has 0 unspecified atom stereocenters. The van der Waals surface area contributed by atoms with Crippen LogP contribution in [0, 0.1) is 5.92 Å². The lowest BCUT2D eigenvalue weighted by Crippen LogP contribution is -2.40. The van der Waals surface area contributed by atoms with Crippen molar-refractivity contribution in [3.8, 4) is 0 Å². The molecule has 7 heteroatoms. The van der Waals surface area contributed by atoms with Crippen LogP contribution in [0.4, 0.5) is 5.82 Å². The number of anilines is 1. The first kappa shape index (κ1) is 14.2. The van der Waals surface area contributed by atoms with Crippen LogP contribution in [0.5, 0.6) is 0 Å². The van der Waals surface area contributed by atoms with Gasteiger partial charge in [0, 0.05) is 37.5 Å². The van der Waals surface area contributed by atoms with Gasteiger partial charge in [-0.3, -0.25) is 9.78 Å². The van der Waals surface area contributed by atoms with Gasteiger partial charge in [-0.15, -0.1) is 0 Å². The normalized spacial score (nSPS) is 24.0. The fourth-order valence-corrected chi connectivity index (χ4v) is 3.00. The lowest BCUT2D eigenvalue weighted by atomic mass is 10.1. The van der Waals surface area contributed by atoms with E-state index in [9.17, 15) is 4.79 Å². The van der Waals surface area contributed by atoms with Crippen molar-refractivity contribution < 1.29 is 9.32 Å². The maximum atomic E-state index is 12.4. The summed E-state index contributed by atoms with van der Waals surface area (Å²) in [4.78, 5) is 22.9. The zero-order valence-electron chi connectivity index (χ0n) is 13.0. The summed E-state index contributed by atoms with van der Waals surface area (Å²) in [6.45, 7) is 3.69. The van der Waals surface area contributed by atoms with Gasteiger partial charge in [-0.1, -0.05) is 12.1 Å². The smallest absolute Gasteiger partial charge is 0.273 e. The van der Waals surface area contributed by atoms with Crippen molar-refractivity contribution in [3.05, 3.63) is 36.1 Å². The van der Waals surface area contributed by atoms with Gasteiger partial charge in [-0.2, -0.15) is 0 Å². The van der Waals surface area contributed by atoms with Crippen LogP contribution < -0.4 is 10.2 Å². The third kappa shape index (κ3) is 2.91. The van der Waals surface area contributed by atoms with E-state index in [1.54, 1.807) is 24.7 Å². The van der Waals surface area contributed by atoms with Crippen molar-refractivity contribution in [3.63, 3.8) is 0 Å². The molecule has 2 aliphatic rings. The summed E-state index contributed by atoms with van der Waals surface area (Å²) in [7, 11) is 0. The highest BCUT2D eigenvalue weighted by Crippen LogP contribution is 2.40. The molecule has 3 heterocycles. The van der Waals surface area contributed by atoms with Crippen molar-refractivity contribution in [2.45, 2.75) is 31.7 Å². The van der Waals surface area contributed by atoms with E-state index in [4.69, 9.17) is 4.52 Å². The van der Waals surface area contributed by atoms with Crippen LogP contribution in [0.1, 0.15) is 41.9 Å². The zero-order valence-corrected chi connectivity index (χ0v) is 13.0. The molecule has 0 bridgehead atoms. The van der Waals surface area contributed by atoms with Crippen molar-refractivity contribution in [2.75, 3.05) is 18.0 Å². The summed E-state index contributed by atoms with van der Waals surface area (Å²) in [5.41, 5.74) is 0.372. The van der Waals surface area contributed by atoms with E-state index < -0.39 is 0 Å². The third-order valence-electron chi connectivity index (χ3n) is 4.54. The molecule has 1 saturated carbocycles. The minimum absolute atomic E-state index is 0.0607. The molecule has 1 aliphatic heterocycles. The average molecular weight is 313 g/mol. The molecule has 23 heavy (non-hydrogen) atoms. The molecule has 4 rings (SSSR count). The first-order chi connectivity index (χ1) is 11.2. The molecule has 1 aliphatic carbocycles. The van der Waals surface area contributed by atoms with Crippen LogP contribution >= 0.6 is 0 Å². The second-order valence-corrected chi connectivity index (χ2v) is 6.41. The van der Waals surface area contributed by atoms with Crippen LogP contribution in [0.15, 0.2) is 29.2 Å². The van der Waals surface area contributed by atoms with Gasteiger partial charge >= 0.3 is 0 Å². The van der Waals surface area contributed by atoms with Crippen molar-refractivity contribution >= 4 is 11.7 Å². The van der Waals surface area contributed by atoms with Gasteiger partial charge < -0.3 is 14.7 Å². The van der Waals surface area contributed by atoms with Crippen LogP contribution in [-0.4, -0.2) is 40.2 Å². The van der Waals surface area contributed by atoms with E-state index in [-0.39, 0.29) is 11.9 Å². The summed E-state index contributed by atoms with van der Waals surface area (Å²) in [6.07, 6.45) is 7.34. The Morgan fingerprint density at radius 1 is 1.35 bits per heavy atom. The molecule has 2 aromatic rings. The average Bonchev–Trinajstić information content (AvgIpc) is 3.18. The molecule has 1 saturated heterocycles. The van der Waals surface area contributed by atoms with Gasteiger partial charge in [0.15, 0.2) is 5.69 Å². The standard InChI is InChI=1S/C16H19N5O2/c1-10-8-21(15-7-17-4-5-18-15)9-13(10)19-16(22)12-6-14(23-20-12)11-2-3-11/h4-7,10-11,13H,2-3,8-9H2,1H3,(H,19,22)/t10-,13-/m1/s1. The fourth-order valence-electron chi connectivity index (χ4n) is 3.00. The molecule has 0 radical (unpaired) electrons. The lowest BCUT2D eigenvalue weighted by molar-refractivity contribution is 0.0924. The van der Waals surface area contributed by atoms with Crippen LogP contribution in [0.3, 0.4) is 0 Å². The Morgan fingerprint density at radius 3 is 2.96 bits per heavy atom. The molecule has 2 atom stereocenters. The largest absolute Gasteiger partial charge is 0.360 e. The SMILES string of the molecule is C[C@@H]1CN(c2cnccn2)C[C@H]1NC(=O)c1cc(C2CC2)on1. The quantitative estimate of drug-likeness (QED) is 0.923. The van der Waals surface area contributed by atoms with E-state index >= 15 is 0 Å². The number of carbonyl (C=O) groups is 1. The number of aromatic nitrogens is 3. The summed E-state index contributed by atoms with van der Waals surface area (Å²) < 4.78 is 5.25. The molecular weight excluding hydrogens is 294 g/mol. The Labute approximate surface area is 134 Å². The summed E-state index contributed by atoms with van der Waals surface area (Å²) in [5.74, 6) is 2.29. The van der Waals surface area contributed by atoms with E-state index in [0.29, 0.717) is 17.5 Å². The van der Waals surface area contributed by atoms with Crippen LogP contribution in [-0.2, 0) is 0 Å². The summed E-state index contributed by atoms with van der Waals surface area (Å²) >= 11 is 0. The highest BCUT2D eigenvalue weighted by Gasteiger charge is 2.33. The molecule has 1 N–H and O–H groups in total. The Bertz CT molecular complexity index is 698. The highest BCUT2D eigenvalue weighted by molar-refractivity contribution is 5.92. The lowest BCUT2D eigenvalue weighted by Gasteiger charge is -2.17. The topological polar surface area (TPSA) is 84.2 Å². The number of hydrogen-bond donors (Lipinski definition) is 1. The maximum absolute atomic E-state index is 12.4. The monoisotopic (exact) mass is 313 g/mol. The second-order valence-electron chi connectivity index (χ2n) is 6.41. The molecule has 7 nitrogen and oxygen atoms in total. The van der Waals surface area contributed by atoms with Gasteiger partial charge in [0.25, 0.3) is 5.91 Å². The van der Waals surface area contributed by atoms with E-state index in [1.165, 1.54) is 0 Å². The predicted molar refractivity (Wildman–Crippen MR) is 83.1 cm³/mol. The molecule has 120 valence electrons. The molecule has 2 fully saturated rings. The molecular formula is C16H19N5O2. The Balaban J connectivity index is 1.40.